The summed E-state index contributed by atoms with van der Waals surface area (Å²) in [6.07, 6.45) is 3.22. The van der Waals surface area contributed by atoms with E-state index in [1.54, 1.807) is 0 Å². The summed E-state index contributed by atoms with van der Waals surface area (Å²) in [6.45, 7) is 6.17. The van der Waals surface area contributed by atoms with E-state index in [2.05, 4.69) is 32.0 Å². The molecule has 0 amide bonds. The van der Waals surface area contributed by atoms with Gasteiger partial charge < -0.3 is 10.5 Å². The summed E-state index contributed by atoms with van der Waals surface area (Å²) < 4.78 is 5.51. The Morgan fingerprint density at radius 2 is 2.19 bits per heavy atom. The highest BCUT2D eigenvalue weighted by atomic mass is 16.5. The molecule has 0 aromatic heterocycles. The Bertz CT molecular complexity index is 371. The SMILES string of the molecule is CC(C)(CCN)Cc1ccc2c(c1)CCO2. The first-order valence-corrected chi connectivity index (χ1v) is 6.05. The van der Waals surface area contributed by atoms with Gasteiger partial charge in [0.15, 0.2) is 0 Å². The number of fused-ring (bicyclic) bond motifs is 1. The minimum Gasteiger partial charge on any atom is -0.493 e. The molecule has 2 rings (SSSR count). The van der Waals surface area contributed by atoms with Crippen molar-refractivity contribution in [3.63, 3.8) is 0 Å². The number of nitrogens with two attached hydrogens (primary N) is 1. The summed E-state index contributed by atoms with van der Waals surface area (Å²) in [5.74, 6) is 1.07. The first-order valence-electron chi connectivity index (χ1n) is 6.05. The zero-order chi connectivity index (χ0) is 11.6. The van der Waals surface area contributed by atoms with Crippen molar-refractivity contribution < 1.29 is 4.74 Å². The maximum Gasteiger partial charge on any atom is 0.122 e. The van der Waals surface area contributed by atoms with Gasteiger partial charge in [0.25, 0.3) is 0 Å². The monoisotopic (exact) mass is 219 g/mol. The Labute approximate surface area is 97.8 Å². The highest BCUT2D eigenvalue weighted by molar-refractivity contribution is 5.40. The van der Waals surface area contributed by atoms with Crippen LogP contribution in [0.5, 0.6) is 5.75 Å². The molecule has 0 saturated heterocycles. The molecule has 1 aromatic rings. The van der Waals surface area contributed by atoms with Crippen molar-refractivity contribution >= 4 is 0 Å². The Morgan fingerprint density at radius 1 is 1.38 bits per heavy atom. The molecule has 0 aliphatic carbocycles. The molecule has 0 radical (unpaired) electrons. The lowest BCUT2D eigenvalue weighted by atomic mass is 9.82. The van der Waals surface area contributed by atoms with E-state index in [1.165, 1.54) is 11.1 Å². The Kier molecular flexibility index (Phi) is 3.20. The van der Waals surface area contributed by atoms with Crippen molar-refractivity contribution in [1.29, 1.82) is 0 Å². The molecule has 16 heavy (non-hydrogen) atoms. The molecular formula is C14H21NO. The lowest BCUT2D eigenvalue weighted by Gasteiger charge is -2.24. The summed E-state index contributed by atoms with van der Waals surface area (Å²) >= 11 is 0. The smallest absolute Gasteiger partial charge is 0.122 e. The second-order valence-electron chi connectivity index (χ2n) is 5.42. The first kappa shape index (κ1) is 11.5. The normalized spacial score (nSPS) is 14.7. The second kappa shape index (κ2) is 4.46. The molecule has 0 unspecified atom stereocenters. The maximum atomic E-state index is 5.64. The molecule has 88 valence electrons. The summed E-state index contributed by atoms with van der Waals surface area (Å²) in [5, 5.41) is 0. The van der Waals surface area contributed by atoms with E-state index < -0.39 is 0 Å². The minimum atomic E-state index is 0.294. The number of hydrogen-bond donors (Lipinski definition) is 1. The van der Waals surface area contributed by atoms with Gasteiger partial charge in [-0.05, 0) is 42.0 Å². The van der Waals surface area contributed by atoms with Gasteiger partial charge in [-0.1, -0.05) is 26.0 Å². The zero-order valence-corrected chi connectivity index (χ0v) is 10.3. The summed E-state index contributed by atoms with van der Waals surface area (Å²) in [7, 11) is 0. The molecular weight excluding hydrogens is 198 g/mol. The molecule has 0 atom stereocenters. The molecule has 1 aliphatic rings. The molecule has 1 aliphatic heterocycles. The Morgan fingerprint density at radius 3 is 2.94 bits per heavy atom. The molecule has 2 heteroatoms. The maximum absolute atomic E-state index is 5.64. The molecule has 1 aromatic carbocycles. The standard InChI is InChI=1S/C14H21NO/c1-14(2,6-7-15)10-11-3-4-13-12(9-11)5-8-16-13/h3-4,9H,5-8,10,15H2,1-2H3. The molecule has 2 nitrogen and oxygen atoms in total. The van der Waals surface area contributed by atoms with Crippen molar-refractivity contribution in [2.45, 2.75) is 33.1 Å². The van der Waals surface area contributed by atoms with Gasteiger partial charge >= 0.3 is 0 Å². The van der Waals surface area contributed by atoms with Crippen molar-refractivity contribution in [2.24, 2.45) is 11.1 Å². The summed E-state index contributed by atoms with van der Waals surface area (Å²) in [4.78, 5) is 0. The average Bonchev–Trinajstić information content (AvgIpc) is 2.63. The van der Waals surface area contributed by atoms with Crippen LogP contribution in [-0.4, -0.2) is 13.2 Å². The Hall–Kier alpha value is -1.02. The summed E-state index contributed by atoms with van der Waals surface area (Å²) in [5.41, 5.74) is 8.70. The van der Waals surface area contributed by atoms with Gasteiger partial charge in [0.1, 0.15) is 5.75 Å². The third-order valence-corrected chi connectivity index (χ3v) is 3.26. The minimum absolute atomic E-state index is 0.294. The van der Waals surface area contributed by atoms with Gasteiger partial charge in [-0.2, -0.15) is 0 Å². The first-order chi connectivity index (χ1) is 7.61. The Balaban J connectivity index is 2.10. The van der Waals surface area contributed by atoms with E-state index in [4.69, 9.17) is 10.5 Å². The van der Waals surface area contributed by atoms with Gasteiger partial charge in [0.05, 0.1) is 6.61 Å². The second-order valence-corrected chi connectivity index (χ2v) is 5.42. The highest BCUT2D eigenvalue weighted by Crippen LogP contribution is 2.30. The molecule has 0 spiro atoms. The van der Waals surface area contributed by atoms with Crippen LogP contribution in [-0.2, 0) is 12.8 Å². The van der Waals surface area contributed by atoms with Crippen LogP contribution in [0.4, 0.5) is 0 Å². The average molecular weight is 219 g/mol. The molecule has 0 saturated carbocycles. The molecule has 0 bridgehead atoms. The zero-order valence-electron chi connectivity index (χ0n) is 10.3. The van der Waals surface area contributed by atoms with E-state index in [-0.39, 0.29) is 0 Å². The predicted octanol–water partition coefficient (Wildman–Crippen LogP) is 2.54. The van der Waals surface area contributed by atoms with Gasteiger partial charge in [-0.25, -0.2) is 0 Å². The molecule has 1 heterocycles. The van der Waals surface area contributed by atoms with Crippen molar-refractivity contribution in [3.05, 3.63) is 29.3 Å². The van der Waals surface area contributed by atoms with Crippen LogP contribution < -0.4 is 10.5 Å². The largest absolute Gasteiger partial charge is 0.493 e. The van der Waals surface area contributed by atoms with E-state index in [1.807, 2.05) is 0 Å². The van der Waals surface area contributed by atoms with Crippen molar-refractivity contribution in [1.82, 2.24) is 0 Å². The molecule has 0 fully saturated rings. The topological polar surface area (TPSA) is 35.2 Å². The number of hydrogen-bond acceptors (Lipinski definition) is 2. The number of rotatable bonds is 4. The van der Waals surface area contributed by atoms with Crippen LogP contribution >= 0.6 is 0 Å². The van der Waals surface area contributed by atoms with Crippen molar-refractivity contribution in [2.75, 3.05) is 13.2 Å². The van der Waals surface area contributed by atoms with E-state index in [9.17, 15) is 0 Å². The molecule has 2 N–H and O–H groups in total. The van der Waals surface area contributed by atoms with E-state index >= 15 is 0 Å². The van der Waals surface area contributed by atoms with Crippen LogP contribution in [0.1, 0.15) is 31.4 Å². The highest BCUT2D eigenvalue weighted by Gasteiger charge is 2.19. The lowest BCUT2D eigenvalue weighted by molar-refractivity contribution is 0.338. The van der Waals surface area contributed by atoms with E-state index in [0.29, 0.717) is 5.41 Å². The van der Waals surface area contributed by atoms with Crippen LogP contribution in [0.15, 0.2) is 18.2 Å². The number of ether oxygens (including phenoxy) is 1. The van der Waals surface area contributed by atoms with Gasteiger partial charge in [-0.3, -0.25) is 0 Å². The fourth-order valence-corrected chi connectivity index (χ4v) is 2.38. The van der Waals surface area contributed by atoms with Crippen LogP contribution in [0, 0.1) is 5.41 Å². The van der Waals surface area contributed by atoms with Crippen molar-refractivity contribution in [3.8, 4) is 5.75 Å². The van der Waals surface area contributed by atoms with E-state index in [0.717, 1.165) is 38.2 Å². The summed E-state index contributed by atoms with van der Waals surface area (Å²) in [6, 6.07) is 6.58. The van der Waals surface area contributed by atoms with Gasteiger partial charge in [0, 0.05) is 6.42 Å². The van der Waals surface area contributed by atoms with Crippen LogP contribution in [0.3, 0.4) is 0 Å². The van der Waals surface area contributed by atoms with Gasteiger partial charge in [0.2, 0.25) is 0 Å². The predicted molar refractivity (Wildman–Crippen MR) is 66.8 cm³/mol. The quantitative estimate of drug-likeness (QED) is 0.844. The third-order valence-electron chi connectivity index (χ3n) is 3.26. The lowest BCUT2D eigenvalue weighted by Crippen LogP contribution is -2.19. The third kappa shape index (κ3) is 2.56. The fourth-order valence-electron chi connectivity index (χ4n) is 2.38. The van der Waals surface area contributed by atoms with Crippen LogP contribution in [0.2, 0.25) is 0 Å². The fraction of sp³-hybridized carbons (Fsp3) is 0.571. The van der Waals surface area contributed by atoms with Crippen LogP contribution in [0.25, 0.3) is 0 Å². The van der Waals surface area contributed by atoms with Gasteiger partial charge in [-0.15, -0.1) is 0 Å². The number of benzene rings is 1.